The fourth-order valence-corrected chi connectivity index (χ4v) is 2.66. The third-order valence-corrected chi connectivity index (χ3v) is 3.48. The summed E-state index contributed by atoms with van der Waals surface area (Å²) < 4.78 is 5.58. The summed E-state index contributed by atoms with van der Waals surface area (Å²) in [6.45, 7) is 5.97. The smallest absolute Gasteiger partial charge is 0.216 e. The maximum atomic E-state index is 10.8. The molecule has 1 aromatic carbocycles. The number of nitrogens with one attached hydrogen (secondary N) is 3. The molecule has 6 nitrogen and oxygen atoms in total. The Morgan fingerprint density at radius 1 is 1.12 bits per heavy atom. The molecule has 0 saturated carbocycles. The lowest BCUT2D eigenvalue weighted by Crippen LogP contribution is -2.40. The van der Waals surface area contributed by atoms with Gasteiger partial charge in [0.25, 0.3) is 0 Å². The van der Waals surface area contributed by atoms with Crippen molar-refractivity contribution in [2.24, 2.45) is 4.99 Å². The van der Waals surface area contributed by atoms with Crippen molar-refractivity contribution in [3.63, 3.8) is 0 Å². The predicted molar refractivity (Wildman–Crippen MR) is 99.6 cm³/mol. The van der Waals surface area contributed by atoms with Gasteiger partial charge in [-0.15, -0.1) is 0 Å². The quantitative estimate of drug-likeness (QED) is 0.359. The number of guanidine groups is 1. The zero-order valence-corrected chi connectivity index (χ0v) is 15.9. The molecule has 1 aromatic rings. The molecule has 0 fully saturated rings. The van der Waals surface area contributed by atoms with Crippen LogP contribution in [-0.2, 0) is 4.79 Å². The molecule has 0 saturated heterocycles. The van der Waals surface area contributed by atoms with E-state index in [1.54, 1.807) is 12.1 Å². The van der Waals surface area contributed by atoms with Gasteiger partial charge in [0.1, 0.15) is 6.61 Å². The largest absolute Gasteiger partial charge is 0.489 e. The average molecular weight is 396 g/mol. The van der Waals surface area contributed by atoms with E-state index in [1.807, 2.05) is 6.92 Å². The Morgan fingerprint density at radius 2 is 1.79 bits per heavy atom. The molecular formula is C15H21Cl3N4O2. The van der Waals surface area contributed by atoms with E-state index in [0.29, 0.717) is 53.0 Å². The minimum atomic E-state index is -0.0757. The highest BCUT2D eigenvalue weighted by molar-refractivity contribution is 6.40. The average Bonchev–Trinajstić information content (AvgIpc) is 2.49. The van der Waals surface area contributed by atoms with E-state index in [9.17, 15) is 4.79 Å². The van der Waals surface area contributed by atoms with Crippen LogP contribution in [0.3, 0.4) is 0 Å². The van der Waals surface area contributed by atoms with Gasteiger partial charge >= 0.3 is 0 Å². The molecule has 0 spiro atoms. The summed E-state index contributed by atoms with van der Waals surface area (Å²) in [4.78, 5) is 15.1. The minimum absolute atomic E-state index is 0.0757. The third kappa shape index (κ3) is 7.95. The monoisotopic (exact) mass is 394 g/mol. The van der Waals surface area contributed by atoms with Crippen LogP contribution < -0.4 is 20.7 Å². The molecule has 134 valence electrons. The molecule has 0 unspecified atom stereocenters. The predicted octanol–water partition coefficient (Wildman–Crippen LogP) is 2.72. The lowest BCUT2D eigenvalue weighted by molar-refractivity contribution is -0.118. The molecule has 1 amide bonds. The van der Waals surface area contributed by atoms with Crippen LogP contribution in [0.5, 0.6) is 5.75 Å². The van der Waals surface area contributed by atoms with E-state index >= 15 is 0 Å². The maximum absolute atomic E-state index is 10.8. The second kappa shape index (κ2) is 11.2. The second-order valence-electron chi connectivity index (χ2n) is 4.72. The van der Waals surface area contributed by atoms with Crippen LogP contribution in [0.4, 0.5) is 0 Å². The minimum Gasteiger partial charge on any atom is -0.489 e. The van der Waals surface area contributed by atoms with Crippen LogP contribution in [0.1, 0.15) is 13.8 Å². The van der Waals surface area contributed by atoms with Crippen LogP contribution in [0, 0.1) is 0 Å². The van der Waals surface area contributed by atoms with Crippen molar-refractivity contribution in [2.75, 3.05) is 32.8 Å². The number of benzene rings is 1. The lowest BCUT2D eigenvalue weighted by atomic mass is 10.3. The Morgan fingerprint density at radius 3 is 2.38 bits per heavy atom. The summed E-state index contributed by atoms with van der Waals surface area (Å²) in [5.41, 5.74) is 0. The molecule has 0 radical (unpaired) electrons. The zero-order valence-electron chi connectivity index (χ0n) is 13.6. The number of hydrogen-bond donors (Lipinski definition) is 3. The molecule has 0 aliphatic heterocycles. The Kier molecular flexibility index (Phi) is 9.67. The van der Waals surface area contributed by atoms with Gasteiger partial charge < -0.3 is 20.7 Å². The molecular weight excluding hydrogens is 375 g/mol. The lowest BCUT2D eigenvalue weighted by Gasteiger charge is -2.13. The Bertz CT molecular complexity index is 559. The molecule has 0 aliphatic carbocycles. The number of carbonyl (C=O) groups excluding carboxylic acids is 1. The van der Waals surface area contributed by atoms with Gasteiger partial charge in [-0.05, 0) is 19.1 Å². The van der Waals surface area contributed by atoms with Crippen LogP contribution in [0.25, 0.3) is 0 Å². The summed E-state index contributed by atoms with van der Waals surface area (Å²) in [6.07, 6.45) is 0. The van der Waals surface area contributed by atoms with Gasteiger partial charge in [0.15, 0.2) is 11.7 Å². The summed E-state index contributed by atoms with van der Waals surface area (Å²) in [6, 6.07) is 3.15. The number of carbonyl (C=O) groups is 1. The number of nitrogens with zero attached hydrogens (tertiary/aromatic N) is 1. The molecule has 9 heteroatoms. The molecule has 0 aliphatic rings. The van der Waals surface area contributed by atoms with Crippen molar-refractivity contribution in [3.8, 4) is 5.75 Å². The van der Waals surface area contributed by atoms with Crippen molar-refractivity contribution in [1.82, 2.24) is 16.0 Å². The first-order valence-corrected chi connectivity index (χ1v) is 8.61. The van der Waals surface area contributed by atoms with Gasteiger partial charge in [0, 0.05) is 25.0 Å². The van der Waals surface area contributed by atoms with Crippen LogP contribution in [0.15, 0.2) is 17.1 Å². The van der Waals surface area contributed by atoms with E-state index < -0.39 is 0 Å². The van der Waals surface area contributed by atoms with E-state index in [0.717, 1.165) is 6.54 Å². The summed E-state index contributed by atoms with van der Waals surface area (Å²) in [5.74, 6) is 0.963. The van der Waals surface area contributed by atoms with E-state index in [1.165, 1.54) is 6.92 Å². The van der Waals surface area contributed by atoms with Crippen LogP contribution in [-0.4, -0.2) is 44.7 Å². The van der Waals surface area contributed by atoms with Crippen molar-refractivity contribution >= 4 is 46.7 Å². The molecule has 0 bridgehead atoms. The van der Waals surface area contributed by atoms with Crippen molar-refractivity contribution < 1.29 is 9.53 Å². The third-order valence-electron chi connectivity index (χ3n) is 2.70. The summed E-state index contributed by atoms with van der Waals surface area (Å²) in [5, 5.41) is 10.1. The number of amides is 1. The second-order valence-corrected chi connectivity index (χ2v) is 5.97. The zero-order chi connectivity index (χ0) is 17.9. The molecule has 0 atom stereocenters. The number of hydrogen-bond acceptors (Lipinski definition) is 3. The standard InChI is InChI=1S/C15H21Cl3N4O2/c1-3-19-15(21-5-4-20-10(2)23)22-6-7-24-14-12(17)8-11(16)9-13(14)18/h8-9H,3-7H2,1-2H3,(H,20,23)(H2,19,21,22). The molecule has 0 aromatic heterocycles. The van der Waals surface area contributed by atoms with E-state index in [4.69, 9.17) is 39.5 Å². The van der Waals surface area contributed by atoms with Gasteiger partial charge in [-0.2, -0.15) is 0 Å². The number of rotatable bonds is 8. The maximum Gasteiger partial charge on any atom is 0.216 e. The molecule has 3 N–H and O–H groups in total. The normalized spacial score (nSPS) is 11.1. The topological polar surface area (TPSA) is 74.8 Å². The van der Waals surface area contributed by atoms with Gasteiger partial charge in [-0.25, -0.2) is 0 Å². The first-order valence-electron chi connectivity index (χ1n) is 7.48. The van der Waals surface area contributed by atoms with Gasteiger partial charge in [0.05, 0.1) is 23.1 Å². The number of aliphatic imine (C=N–C) groups is 1. The SMILES string of the molecule is CCNC(=NCCNC(C)=O)NCCOc1c(Cl)cc(Cl)cc1Cl. The van der Waals surface area contributed by atoms with Gasteiger partial charge in [-0.1, -0.05) is 34.8 Å². The summed E-state index contributed by atoms with van der Waals surface area (Å²) >= 11 is 18.0. The highest BCUT2D eigenvalue weighted by atomic mass is 35.5. The van der Waals surface area contributed by atoms with Gasteiger partial charge in [-0.3, -0.25) is 9.79 Å². The number of ether oxygens (including phenoxy) is 1. The van der Waals surface area contributed by atoms with Crippen LogP contribution >= 0.6 is 34.8 Å². The molecule has 24 heavy (non-hydrogen) atoms. The van der Waals surface area contributed by atoms with Gasteiger partial charge in [0.2, 0.25) is 5.91 Å². The Labute approximate surface area is 156 Å². The Balaban J connectivity index is 2.42. The first kappa shape index (κ1) is 20.7. The summed E-state index contributed by atoms with van der Waals surface area (Å²) in [7, 11) is 0. The van der Waals surface area contributed by atoms with E-state index in [-0.39, 0.29) is 5.91 Å². The number of halogens is 3. The van der Waals surface area contributed by atoms with Crippen molar-refractivity contribution in [3.05, 3.63) is 27.2 Å². The Hall–Kier alpha value is -1.37. The van der Waals surface area contributed by atoms with Crippen molar-refractivity contribution in [2.45, 2.75) is 13.8 Å². The highest BCUT2D eigenvalue weighted by Crippen LogP contribution is 2.35. The van der Waals surface area contributed by atoms with Crippen LogP contribution in [0.2, 0.25) is 15.1 Å². The molecule has 0 heterocycles. The first-order chi connectivity index (χ1) is 11.4. The highest BCUT2D eigenvalue weighted by Gasteiger charge is 2.09. The fraction of sp³-hybridized carbons (Fsp3) is 0.467. The van der Waals surface area contributed by atoms with Crippen molar-refractivity contribution in [1.29, 1.82) is 0 Å². The van der Waals surface area contributed by atoms with E-state index in [2.05, 4.69) is 20.9 Å². The fourth-order valence-electron chi connectivity index (χ4n) is 1.73. The molecule has 1 rings (SSSR count).